The lowest BCUT2D eigenvalue weighted by atomic mass is 10.2. The number of hydrogen-bond donors (Lipinski definition) is 1. The van der Waals surface area contributed by atoms with Crippen molar-refractivity contribution in [1.82, 2.24) is 4.90 Å². The molecule has 0 atom stereocenters. The van der Waals surface area contributed by atoms with Gasteiger partial charge in [0.15, 0.2) is 6.07 Å². The molecular weight excluding hydrogens is 250 g/mol. The maximum atomic E-state index is 11.3. The summed E-state index contributed by atoms with van der Waals surface area (Å²) in [5.41, 5.74) is 1.65. The van der Waals surface area contributed by atoms with Crippen molar-refractivity contribution >= 4 is 29.3 Å². The van der Waals surface area contributed by atoms with Crippen LogP contribution < -0.4 is 5.32 Å². The first-order valence-electron chi connectivity index (χ1n) is 5.31. The van der Waals surface area contributed by atoms with Crippen LogP contribution in [-0.4, -0.2) is 29.5 Å². The van der Waals surface area contributed by atoms with Crippen LogP contribution in [0.3, 0.4) is 0 Å². The first-order valence-corrected chi connectivity index (χ1v) is 6.29. The van der Waals surface area contributed by atoms with Crippen molar-refractivity contribution in [2.75, 3.05) is 18.1 Å². The van der Waals surface area contributed by atoms with Gasteiger partial charge in [0.1, 0.15) is 0 Å². The first-order chi connectivity index (χ1) is 8.60. The Morgan fingerprint density at radius 3 is 3.11 bits per heavy atom. The highest BCUT2D eigenvalue weighted by molar-refractivity contribution is 8.00. The summed E-state index contributed by atoms with van der Waals surface area (Å²) >= 11 is 1.49. The van der Waals surface area contributed by atoms with Gasteiger partial charge in [0.05, 0.1) is 11.4 Å². The third-order valence-corrected chi connectivity index (χ3v) is 3.61. The molecular formula is C12H11N3O2S. The molecule has 0 unspecified atom stereocenters. The number of nitrogens with zero attached hydrogens (tertiary/aromatic N) is 2. The Morgan fingerprint density at radius 2 is 2.39 bits per heavy atom. The van der Waals surface area contributed by atoms with Crippen LogP contribution in [0.4, 0.5) is 5.69 Å². The zero-order chi connectivity index (χ0) is 13.1. The Bertz CT molecular complexity index is 551. The summed E-state index contributed by atoms with van der Waals surface area (Å²) in [5, 5.41) is 11.3. The van der Waals surface area contributed by atoms with Crippen molar-refractivity contribution in [1.29, 1.82) is 5.26 Å². The molecule has 6 heteroatoms. The Hall–Kier alpha value is -2.00. The molecule has 0 aliphatic carbocycles. The SMILES string of the molecule is CN(Cc1ccc2c(c1)NC(=O)CS2)C(=O)C#N. The average Bonchev–Trinajstić information content (AvgIpc) is 2.37. The lowest BCUT2D eigenvalue weighted by molar-refractivity contribution is -0.124. The number of thioether (sulfide) groups is 1. The molecule has 1 aliphatic heterocycles. The largest absolute Gasteiger partial charge is 0.329 e. The zero-order valence-electron chi connectivity index (χ0n) is 9.77. The predicted molar refractivity (Wildman–Crippen MR) is 67.9 cm³/mol. The minimum atomic E-state index is -0.578. The fourth-order valence-corrected chi connectivity index (χ4v) is 2.45. The molecule has 1 heterocycles. The van der Waals surface area contributed by atoms with Gasteiger partial charge in [-0.1, -0.05) is 6.07 Å². The molecule has 2 rings (SSSR count). The number of amides is 2. The summed E-state index contributed by atoms with van der Waals surface area (Å²) in [4.78, 5) is 24.8. The molecule has 5 nitrogen and oxygen atoms in total. The zero-order valence-corrected chi connectivity index (χ0v) is 10.6. The van der Waals surface area contributed by atoms with Gasteiger partial charge in [0, 0.05) is 18.5 Å². The Balaban J connectivity index is 2.16. The van der Waals surface area contributed by atoms with Crippen LogP contribution in [0.1, 0.15) is 5.56 Å². The maximum absolute atomic E-state index is 11.3. The average molecular weight is 261 g/mol. The van der Waals surface area contributed by atoms with Gasteiger partial charge in [-0.05, 0) is 17.7 Å². The summed E-state index contributed by atoms with van der Waals surface area (Å²) in [5.74, 6) is -0.170. The minimum absolute atomic E-state index is 0.0221. The van der Waals surface area contributed by atoms with Crippen LogP contribution in [0.5, 0.6) is 0 Å². The van der Waals surface area contributed by atoms with E-state index < -0.39 is 5.91 Å². The second kappa shape index (κ2) is 5.10. The number of carbonyl (C=O) groups is 2. The molecule has 0 saturated heterocycles. The van der Waals surface area contributed by atoms with Crippen molar-refractivity contribution < 1.29 is 9.59 Å². The van der Waals surface area contributed by atoms with Crippen molar-refractivity contribution in [3.05, 3.63) is 23.8 Å². The summed E-state index contributed by atoms with van der Waals surface area (Å²) in [6.45, 7) is 0.347. The van der Waals surface area contributed by atoms with Crippen LogP contribution in [0.2, 0.25) is 0 Å². The molecule has 1 aliphatic rings. The van der Waals surface area contributed by atoms with E-state index >= 15 is 0 Å². The Morgan fingerprint density at radius 1 is 1.61 bits per heavy atom. The van der Waals surface area contributed by atoms with Crippen LogP contribution in [0.25, 0.3) is 0 Å². The Labute approximate surface area is 109 Å². The van der Waals surface area contributed by atoms with Gasteiger partial charge in [-0.25, -0.2) is 0 Å². The molecule has 0 fully saturated rings. The summed E-state index contributed by atoms with van der Waals surface area (Å²) in [6, 6.07) is 7.21. The van der Waals surface area contributed by atoms with Crippen molar-refractivity contribution in [2.45, 2.75) is 11.4 Å². The van der Waals surface area contributed by atoms with E-state index in [0.717, 1.165) is 16.1 Å². The minimum Gasteiger partial charge on any atom is -0.329 e. The second-order valence-electron chi connectivity index (χ2n) is 3.94. The molecule has 18 heavy (non-hydrogen) atoms. The van der Waals surface area contributed by atoms with E-state index in [-0.39, 0.29) is 5.91 Å². The third-order valence-electron chi connectivity index (χ3n) is 2.54. The van der Waals surface area contributed by atoms with Crippen molar-refractivity contribution in [2.24, 2.45) is 0 Å². The quantitative estimate of drug-likeness (QED) is 0.812. The molecule has 1 N–H and O–H groups in total. The summed E-state index contributed by atoms with van der Waals surface area (Å²) in [6.07, 6.45) is 0. The normalized spacial score (nSPS) is 13.2. The van der Waals surface area contributed by atoms with Crippen LogP contribution in [0.15, 0.2) is 23.1 Å². The molecule has 0 spiro atoms. The molecule has 0 aromatic heterocycles. The number of benzene rings is 1. The fraction of sp³-hybridized carbons (Fsp3) is 0.250. The number of carbonyl (C=O) groups excluding carboxylic acids is 2. The number of nitriles is 1. The highest BCUT2D eigenvalue weighted by atomic mass is 32.2. The smallest absolute Gasteiger partial charge is 0.325 e. The van der Waals surface area contributed by atoms with Crippen molar-refractivity contribution in [3.63, 3.8) is 0 Å². The predicted octanol–water partition coefficient (Wildman–Crippen LogP) is 1.21. The monoisotopic (exact) mass is 261 g/mol. The van der Waals surface area contributed by atoms with Gasteiger partial charge in [0.25, 0.3) is 0 Å². The third kappa shape index (κ3) is 2.63. The van der Waals surface area contributed by atoms with Gasteiger partial charge in [0.2, 0.25) is 5.91 Å². The van der Waals surface area contributed by atoms with E-state index in [2.05, 4.69) is 5.32 Å². The van der Waals surface area contributed by atoms with Gasteiger partial charge < -0.3 is 10.2 Å². The topological polar surface area (TPSA) is 73.2 Å². The first kappa shape index (κ1) is 12.5. The number of rotatable bonds is 2. The summed E-state index contributed by atoms with van der Waals surface area (Å²) in [7, 11) is 1.57. The van der Waals surface area contributed by atoms with Gasteiger partial charge >= 0.3 is 5.91 Å². The molecule has 92 valence electrons. The molecule has 0 bridgehead atoms. The van der Waals surface area contributed by atoms with Crippen LogP contribution >= 0.6 is 11.8 Å². The van der Waals surface area contributed by atoms with Crippen LogP contribution in [-0.2, 0) is 16.1 Å². The van der Waals surface area contributed by atoms with Gasteiger partial charge in [-0.3, -0.25) is 9.59 Å². The van der Waals surface area contributed by atoms with E-state index in [1.165, 1.54) is 16.7 Å². The lowest BCUT2D eigenvalue weighted by Crippen LogP contribution is -2.24. The highest BCUT2D eigenvalue weighted by Gasteiger charge is 2.16. The fourth-order valence-electron chi connectivity index (χ4n) is 1.66. The number of hydrogen-bond acceptors (Lipinski definition) is 4. The standard InChI is InChI=1S/C12H11N3O2S/c1-15(12(17)5-13)6-8-2-3-10-9(4-8)14-11(16)7-18-10/h2-4H,6-7H2,1H3,(H,14,16). The number of fused-ring (bicyclic) bond motifs is 1. The van der Waals surface area contributed by atoms with E-state index in [9.17, 15) is 9.59 Å². The molecule has 2 amide bonds. The Kier molecular flexibility index (Phi) is 3.53. The lowest BCUT2D eigenvalue weighted by Gasteiger charge is -2.19. The molecule has 1 aromatic rings. The molecule has 0 radical (unpaired) electrons. The number of anilines is 1. The summed E-state index contributed by atoms with van der Waals surface area (Å²) < 4.78 is 0. The number of nitrogens with one attached hydrogen (secondary N) is 1. The van der Waals surface area contributed by atoms with E-state index in [4.69, 9.17) is 5.26 Å². The van der Waals surface area contributed by atoms with Gasteiger partial charge in [-0.2, -0.15) is 5.26 Å². The molecule has 1 aromatic carbocycles. The van der Waals surface area contributed by atoms with E-state index in [1.807, 2.05) is 18.2 Å². The van der Waals surface area contributed by atoms with Gasteiger partial charge in [-0.15, -0.1) is 11.8 Å². The van der Waals surface area contributed by atoms with Crippen molar-refractivity contribution in [3.8, 4) is 6.07 Å². The molecule has 0 saturated carbocycles. The van der Waals surface area contributed by atoms with E-state index in [0.29, 0.717) is 12.3 Å². The van der Waals surface area contributed by atoms with E-state index in [1.54, 1.807) is 13.1 Å². The second-order valence-corrected chi connectivity index (χ2v) is 4.96. The maximum Gasteiger partial charge on any atom is 0.325 e. The highest BCUT2D eigenvalue weighted by Crippen LogP contribution is 2.32. The van der Waals surface area contributed by atoms with Crippen LogP contribution in [0, 0.1) is 11.3 Å².